The molecule has 0 aliphatic carbocycles. The maximum absolute atomic E-state index is 9.56. The Hall–Kier alpha value is -2.96. The van der Waals surface area contributed by atoms with Gasteiger partial charge in [0.15, 0.2) is 0 Å². The SMILES string of the molecule is CCN1c2ccccc2Sc2cc(/C=C(\C#N)c3ccccc3)ccc21. The summed E-state index contributed by atoms with van der Waals surface area (Å²) in [6, 6.07) is 27.1. The molecule has 0 amide bonds. The fraction of sp³-hybridized carbons (Fsp3) is 0.0870. The van der Waals surface area contributed by atoms with E-state index in [0.717, 1.165) is 17.7 Å². The summed E-state index contributed by atoms with van der Waals surface area (Å²) in [5, 5.41) is 9.56. The molecule has 1 aliphatic heterocycles. The van der Waals surface area contributed by atoms with E-state index in [1.807, 2.05) is 36.4 Å². The molecule has 3 aromatic carbocycles. The van der Waals surface area contributed by atoms with Gasteiger partial charge < -0.3 is 4.90 Å². The topological polar surface area (TPSA) is 27.0 Å². The summed E-state index contributed by atoms with van der Waals surface area (Å²) in [5.41, 5.74) is 5.16. The van der Waals surface area contributed by atoms with Gasteiger partial charge in [0.2, 0.25) is 0 Å². The number of hydrogen-bond donors (Lipinski definition) is 0. The summed E-state index contributed by atoms with van der Waals surface area (Å²) in [6.45, 7) is 3.10. The van der Waals surface area contributed by atoms with Gasteiger partial charge in [0, 0.05) is 16.3 Å². The Morgan fingerprint density at radius 1 is 0.962 bits per heavy atom. The number of allylic oxidation sites excluding steroid dienone is 1. The second-order valence-corrected chi connectivity index (χ2v) is 7.16. The number of para-hydroxylation sites is 1. The molecule has 3 heteroatoms. The van der Waals surface area contributed by atoms with Gasteiger partial charge in [-0.2, -0.15) is 5.26 Å². The van der Waals surface area contributed by atoms with Gasteiger partial charge in [-0.05, 0) is 48.4 Å². The number of rotatable bonds is 3. The lowest BCUT2D eigenvalue weighted by molar-refractivity contribution is 0.979. The number of nitriles is 1. The van der Waals surface area contributed by atoms with Crippen molar-refractivity contribution in [2.24, 2.45) is 0 Å². The van der Waals surface area contributed by atoms with Gasteiger partial charge >= 0.3 is 0 Å². The second-order valence-electron chi connectivity index (χ2n) is 6.08. The highest BCUT2D eigenvalue weighted by molar-refractivity contribution is 7.99. The third-order valence-corrected chi connectivity index (χ3v) is 5.60. The minimum Gasteiger partial charge on any atom is -0.340 e. The quantitative estimate of drug-likeness (QED) is 0.404. The van der Waals surface area contributed by atoms with Gasteiger partial charge in [0.25, 0.3) is 0 Å². The molecular weight excluding hydrogens is 336 g/mol. The maximum Gasteiger partial charge on any atom is 0.0998 e. The van der Waals surface area contributed by atoms with E-state index >= 15 is 0 Å². The number of nitrogens with zero attached hydrogens (tertiary/aromatic N) is 2. The monoisotopic (exact) mass is 354 g/mol. The van der Waals surface area contributed by atoms with Crippen LogP contribution in [0.5, 0.6) is 0 Å². The van der Waals surface area contributed by atoms with E-state index in [1.165, 1.54) is 21.2 Å². The number of hydrogen-bond acceptors (Lipinski definition) is 3. The third kappa shape index (κ3) is 3.00. The molecule has 1 heterocycles. The highest BCUT2D eigenvalue weighted by Gasteiger charge is 2.21. The summed E-state index contributed by atoms with van der Waals surface area (Å²) in [7, 11) is 0. The molecule has 2 nitrogen and oxygen atoms in total. The lowest BCUT2D eigenvalue weighted by atomic mass is 10.0. The van der Waals surface area contributed by atoms with Gasteiger partial charge in [-0.25, -0.2) is 0 Å². The Balaban J connectivity index is 1.75. The zero-order valence-corrected chi connectivity index (χ0v) is 15.3. The fourth-order valence-electron chi connectivity index (χ4n) is 3.25. The number of fused-ring (bicyclic) bond motifs is 2. The minimum atomic E-state index is 0.680. The van der Waals surface area contributed by atoms with Crippen LogP contribution in [0.2, 0.25) is 0 Å². The lowest BCUT2D eigenvalue weighted by Gasteiger charge is -2.32. The molecular formula is C23H18N2S. The van der Waals surface area contributed by atoms with E-state index in [2.05, 4.69) is 60.4 Å². The molecule has 0 N–H and O–H groups in total. The van der Waals surface area contributed by atoms with Crippen LogP contribution in [0.15, 0.2) is 82.6 Å². The van der Waals surface area contributed by atoms with E-state index in [4.69, 9.17) is 0 Å². The molecule has 0 atom stereocenters. The summed E-state index contributed by atoms with van der Waals surface area (Å²) in [6.07, 6.45) is 1.97. The molecule has 3 aromatic rings. The van der Waals surface area contributed by atoms with Gasteiger partial charge in [-0.3, -0.25) is 0 Å². The van der Waals surface area contributed by atoms with Gasteiger partial charge in [0.1, 0.15) is 0 Å². The molecule has 0 saturated heterocycles. The average molecular weight is 354 g/mol. The minimum absolute atomic E-state index is 0.680. The summed E-state index contributed by atoms with van der Waals surface area (Å²) >= 11 is 1.79. The Labute approximate surface area is 158 Å². The average Bonchev–Trinajstić information content (AvgIpc) is 2.70. The number of benzene rings is 3. The van der Waals surface area contributed by atoms with Gasteiger partial charge in [-0.1, -0.05) is 60.3 Å². The van der Waals surface area contributed by atoms with Gasteiger partial charge in [0.05, 0.1) is 23.0 Å². The largest absolute Gasteiger partial charge is 0.340 e. The molecule has 1 aliphatic rings. The molecule has 4 rings (SSSR count). The predicted molar refractivity (Wildman–Crippen MR) is 110 cm³/mol. The molecule has 0 fully saturated rings. The van der Waals surface area contributed by atoms with Crippen LogP contribution in [0.1, 0.15) is 18.1 Å². The summed E-state index contributed by atoms with van der Waals surface area (Å²) in [5.74, 6) is 0. The van der Waals surface area contributed by atoms with E-state index in [1.54, 1.807) is 11.8 Å². The molecule has 0 aromatic heterocycles. The molecule has 0 spiro atoms. The van der Waals surface area contributed by atoms with E-state index < -0.39 is 0 Å². The van der Waals surface area contributed by atoms with Crippen LogP contribution in [0.25, 0.3) is 11.6 Å². The zero-order chi connectivity index (χ0) is 17.9. The summed E-state index contributed by atoms with van der Waals surface area (Å²) < 4.78 is 0. The van der Waals surface area contributed by atoms with E-state index in [-0.39, 0.29) is 0 Å². The van der Waals surface area contributed by atoms with Gasteiger partial charge in [-0.15, -0.1) is 0 Å². The molecule has 26 heavy (non-hydrogen) atoms. The van der Waals surface area contributed by atoms with Crippen molar-refractivity contribution in [1.29, 1.82) is 5.26 Å². The smallest absolute Gasteiger partial charge is 0.0998 e. The molecule has 0 radical (unpaired) electrons. The Morgan fingerprint density at radius 2 is 1.69 bits per heavy atom. The first-order chi connectivity index (χ1) is 12.8. The zero-order valence-electron chi connectivity index (χ0n) is 14.5. The Morgan fingerprint density at radius 3 is 2.46 bits per heavy atom. The van der Waals surface area contributed by atoms with Crippen LogP contribution >= 0.6 is 11.8 Å². The first-order valence-corrected chi connectivity index (χ1v) is 9.47. The van der Waals surface area contributed by atoms with E-state index in [0.29, 0.717) is 5.57 Å². The van der Waals surface area contributed by atoms with Crippen LogP contribution in [0, 0.1) is 11.3 Å². The van der Waals surface area contributed by atoms with Crippen molar-refractivity contribution < 1.29 is 0 Å². The van der Waals surface area contributed by atoms with Crippen molar-refractivity contribution in [3.63, 3.8) is 0 Å². The van der Waals surface area contributed by atoms with Crippen molar-refractivity contribution in [3.8, 4) is 6.07 Å². The van der Waals surface area contributed by atoms with Crippen molar-refractivity contribution >= 4 is 34.8 Å². The highest BCUT2D eigenvalue weighted by atomic mass is 32.2. The van der Waals surface area contributed by atoms with Crippen molar-refractivity contribution in [2.75, 3.05) is 11.4 Å². The predicted octanol–water partition coefficient (Wildman–Crippen LogP) is 6.37. The maximum atomic E-state index is 9.56. The standard InChI is InChI=1S/C23H18N2S/c1-2-25-20-10-6-7-11-22(20)26-23-15-17(12-13-21(23)25)14-19(16-24)18-8-4-3-5-9-18/h3-15H,2H2,1H3/b19-14+. The molecule has 0 saturated carbocycles. The van der Waals surface area contributed by atoms with Crippen LogP contribution in [0.3, 0.4) is 0 Å². The van der Waals surface area contributed by atoms with E-state index in [9.17, 15) is 5.26 Å². The molecule has 0 bridgehead atoms. The normalized spacial score (nSPS) is 12.9. The molecule has 126 valence electrons. The van der Waals surface area contributed by atoms with Crippen molar-refractivity contribution in [1.82, 2.24) is 0 Å². The van der Waals surface area contributed by atoms with Crippen LogP contribution < -0.4 is 4.90 Å². The number of anilines is 2. The fourth-order valence-corrected chi connectivity index (χ4v) is 4.39. The third-order valence-electron chi connectivity index (χ3n) is 4.48. The Kier molecular flexibility index (Phi) is 4.51. The first-order valence-electron chi connectivity index (χ1n) is 8.66. The Bertz CT molecular complexity index is 1020. The summed E-state index contributed by atoms with van der Waals surface area (Å²) in [4.78, 5) is 4.84. The van der Waals surface area contributed by atoms with Crippen molar-refractivity contribution in [3.05, 3.63) is 83.9 Å². The van der Waals surface area contributed by atoms with Crippen molar-refractivity contribution in [2.45, 2.75) is 16.7 Å². The van der Waals surface area contributed by atoms with Crippen LogP contribution in [-0.4, -0.2) is 6.54 Å². The second kappa shape index (κ2) is 7.11. The molecule has 0 unspecified atom stereocenters. The first kappa shape index (κ1) is 16.5. The lowest BCUT2D eigenvalue weighted by Crippen LogP contribution is -2.19. The highest BCUT2D eigenvalue weighted by Crippen LogP contribution is 2.48. The van der Waals surface area contributed by atoms with Crippen LogP contribution in [-0.2, 0) is 0 Å². The van der Waals surface area contributed by atoms with Crippen LogP contribution in [0.4, 0.5) is 11.4 Å².